The number of ether oxygens (including phenoxy) is 1. The third kappa shape index (κ3) is 4.03. The first-order chi connectivity index (χ1) is 14.7. The van der Waals surface area contributed by atoms with Crippen LogP contribution in [0, 0.1) is 6.92 Å². The molecule has 0 bridgehead atoms. The van der Waals surface area contributed by atoms with E-state index in [9.17, 15) is 4.79 Å². The first-order valence-corrected chi connectivity index (χ1v) is 9.88. The molecule has 1 unspecified atom stereocenters. The van der Waals surface area contributed by atoms with Gasteiger partial charge in [0.05, 0.1) is 12.8 Å². The van der Waals surface area contributed by atoms with Gasteiger partial charge in [-0.05, 0) is 42.3 Å². The monoisotopic (exact) mass is 400 g/mol. The topological polar surface area (TPSA) is 68.5 Å². The Bertz CT molecular complexity index is 1150. The Labute approximate surface area is 175 Å². The van der Waals surface area contributed by atoms with Crippen LogP contribution in [0.5, 0.6) is 5.75 Å². The smallest absolute Gasteiger partial charge is 0.221 e. The molecule has 0 spiro atoms. The van der Waals surface area contributed by atoms with Crippen LogP contribution in [0.15, 0.2) is 73.3 Å². The number of carbonyl (C=O) groups excluding carboxylic acids is 1. The maximum absolute atomic E-state index is 12.9. The second-order valence-corrected chi connectivity index (χ2v) is 7.20. The SMILES string of the molecule is COc1ccccc1C(CC(=O)NCc1ccncc1)c1cnc2c(C)cccn12. The Hall–Kier alpha value is -3.67. The van der Waals surface area contributed by atoms with Crippen molar-refractivity contribution in [1.29, 1.82) is 0 Å². The van der Waals surface area contributed by atoms with Crippen LogP contribution < -0.4 is 10.1 Å². The number of para-hydroxylation sites is 1. The molecule has 1 aromatic carbocycles. The lowest BCUT2D eigenvalue weighted by atomic mass is 9.91. The molecule has 0 aliphatic heterocycles. The van der Waals surface area contributed by atoms with Crippen LogP contribution >= 0.6 is 0 Å². The normalized spacial score (nSPS) is 11.9. The molecule has 1 atom stereocenters. The molecule has 1 N–H and O–H groups in total. The van der Waals surface area contributed by atoms with Gasteiger partial charge < -0.3 is 14.5 Å². The number of hydrogen-bond acceptors (Lipinski definition) is 4. The highest BCUT2D eigenvalue weighted by molar-refractivity contribution is 5.77. The van der Waals surface area contributed by atoms with Crippen LogP contribution in [-0.4, -0.2) is 27.4 Å². The summed E-state index contributed by atoms with van der Waals surface area (Å²) in [5, 5.41) is 3.02. The minimum absolute atomic E-state index is 0.0367. The summed E-state index contributed by atoms with van der Waals surface area (Å²) in [7, 11) is 1.65. The number of fused-ring (bicyclic) bond motifs is 1. The summed E-state index contributed by atoms with van der Waals surface area (Å²) in [5.41, 5.74) is 4.91. The van der Waals surface area contributed by atoms with Gasteiger partial charge in [0, 0.05) is 49.2 Å². The Morgan fingerprint density at radius 3 is 2.73 bits per heavy atom. The molecule has 6 nitrogen and oxygen atoms in total. The molecular formula is C24H24N4O2. The summed E-state index contributed by atoms with van der Waals surface area (Å²) in [5.74, 6) is 0.521. The fourth-order valence-corrected chi connectivity index (χ4v) is 3.72. The van der Waals surface area contributed by atoms with E-state index < -0.39 is 0 Å². The molecule has 1 amide bonds. The van der Waals surface area contributed by atoms with Crippen molar-refractivity contribution in [2.45, 2.75) is 25.8 Å². The van der Waals surface area contributed by atoms with E-state index in [2.05, 4.69) is 19.7 Å². The molecule has 0 aliphatic rings. The second-order valence-electron chi connectivity index (χ2n) is 7.20. The van der Waals surface area contributed by atoms with E-state index in [0.717, 1.165) is 33.8 Å². The number of pyridine rings is 2. The summed E-state index contributed by atoms with van der Waals surface area (Å²) in [6.45, 7) is 2.50. The van der Waals surface area contributed by atoms with Crippen molar-refractivity contribution in [3.05, 3.63) is 95.7 Å². The lowest BCUT2D eigenvalue weighted by molar-refractivity contribution is -0.121. The van der Waals surface area contributed by atoms with Crippen molar-refractivity contribution in [1.82, 2.24) is 19.7 Å². The molecular weight excluding hydrogens is 376 g/mol. The van der Waals surface area contributed by atoms with E-state index in [1.165, 1.54) is 0 Å². The molecule has 3 heterocycles. The van der Waals surface area contributed by atoms with Crippen molar-refractivity contribution in [2.24, 2.45) is 0 Å². The molecule has 30 heavy (non-hydrogen) atoms. The minimum Gasteiger partial charge on any atom is -0.496 e. The van der Waals surface area contributed by atoms with Crippen LogP contribution in [0.25, 0.3) is 5.65 Å². The van der Waals surface area contributed by atoms with Crippen molar-refractivity contribution >= 4 is 11.6 Å². The Balaban J connectivity index is 1.67. The number of methoxy groups -OCH3 is 1. The number of carbonyl (C=O) groups is 1. The zero-order valence-corrected chi connectivity index (χ0v) is 17.1. The maximum atomic E-state index is 12.9. The van der Waals surface area contributed by atoms with Gasteiger partial charge in [0.2, 0.25) is 5.91 Å². The van der Waals surface area contributed by atoms with Gasteiger partial charge in [-0.3, -0.25) is 9.78 Å². The van der Waals surface area contributed by atoms with Crippen LogP contribution in [0.2, 0.25) is 0 Å². The van der Waals surface area contributed by atoms with Crippen LogP contribution in [0.3, 0.4) is 0 Å². The minimum atomic E-state index is -0.199. The fraction of sp³-hybridized carbons (Fsp3) is 0.208. The largest absolute Gasteiger partial charge is 0.496 e. The number of hydrogen-bond donors (Lipinski definition) is 1. The number of amides is 1. The number of imidazole rings is 1. The molecule has 0 radical (unpaired) electrons. The van der Waals surface area contributed by atoms with Gasteiger partial charge in [0.1, 0.15) is 11.4 Å². The summed E-state index contributed by atoms with van der Waals surface area (Å²) in [6, 6.07) is 15.6. The predicted octanol–water partition coefficient (Wildman–Crippen LogP) is 3.88. The average Bonchev–Trinajstić information content (AvgIpc) is 3.22. The quantitative estimate of drug-likeness (QED) is 0.511. The van der Waals surface area contributed by atoms with Crippen molar-refractivity contribution in [2.75, 3.05) is 7.11 Å². The van der Waals surface area contributed by atoms with Gasteiger partial charge in [0.15, 0.2) is 0 Å². The molecule has 152 valence electrons. The van der Waals surface area contributed by atoms with Crippen molar-refractivity contribution in [3.63, 3.8) is 0 Å². The molecule has 6 heteroatoms. The Kier molecular flexibility index (Phi) is 5.75. The second kappa shape index (κ2) is 8.78. The lowest BCUT2D eigenvalue weighted by Crippen LogP contribution is -2.25. The summed E-state index contributed by atoms with van der Waals surface area (Å²) in [4.78, 5) is 21.5. The average molecular weight is 400 g/mol. The van der Waals surface area contributed by atoms with E-state index >= 15 is 0 Å². The Morgan fingerprint density at radius 1 is 1.13 bits per heavy atom. The molecule has 0 fully saturated rings. The molecule has 3 aromatic heterocycles. The zero-order valence-electron chi connectivity index (χ0n) is 17.1. The number of nitrogens with one attached hydrogen (secondary N) is 1. The molecule has 0 saturated heterocycles. The van der Waals surface area contributed by atoms with Gasteiger partial charge >= 0.3 is 0 Å². The Morgan fingerprint density at radius 2 is 1.93 bits per heavy atom. The highest BCUT2D eigenvalue weighted by atomic mass is 16.5. The van der Waals surface area contributed by atoms with E-state index in [1.54, 1.807) is 19.5 Å². The van der Waals surface area contributed by atoms with Crippen LogP contribution in [0.1, 0.15) is 34.7 Å². The molecule has 0 saturated carbocycles. The third-order valence-corrected chi connectivity index (χ3v) is 5.26. The van der Waals surface area contributed by atoms with Gasteiger partial charge in [0.25, 0.3) is 0 Å². The number of nitrogens with zero attached hydrogens (tertiary/aromatic N) is 3. The van der Waals surface area contributed by atoms with Gasteiger partial charge in [-0.1, -0.05) is 24.3 Å². The maximum Gasteiger partial charge on any atom is 0.221 e. The molecule has 0 aliphatic carbocycles. The highest BCUT2D eigenvalue weighted by Gasteiger charge is 2.24. The van der Waals surface area contributed by atoms with E-state index in [1.807, 2.05) is 67.8 Å². The summed E-state index contributed by atoms with van der Waals surface area (Å²) < 4.78 is 7.66. The fourth-order valence-electron chi connectivity index (χ4n) is 3.72. The van der Waals surface area contributed by atoms with Gasteiger partial charge in [-0.25, -0.2) is 4.98 Å². The third-order valence-electron chi connectivity index (χ3n) is 5.26. The number of benzene rings is 1. The molecule has 4 aromatic rings. The van der Waals surface area contributed by atoms with Crippen molar-refractivity contribution < 1.29 is 9.53 Å². The predicted molar refractivity (Wildman–Crippen MR) is 115 cm³/mol. The first kappa shape index (κ1) is 19.6. The van der Waals surface area contributed by atoms with Crippen LogP contribution in [-0.2, 0) is 11.3 Å². The van der Waals surface area contributed by atoms with E-state index in [0.29, 0.717) is 6.54 Å². The lowest BCUT2D eigenvalue weighted by Gasteiger charge is -2.20. The highest BCUT2D eigenvalue weighted by Crippen LogP contribution is 2.35. The number of aryl methyl sites for hydroxylation is 1. The standard InChI is InChI=1S/C24H24N4O2/c1-17-6-5-13-28-21(16-27-24(17)28)20(19-7-3-4-8-22(19)30-2)14-23(29)26-15-18-9-11-25-12-10-18/h3-13,16,20H,14-15H2,1-2H3,(H,26,29). The summed E-state index contributed by atoms with van der Waals surface area (Å²) in [6.07, 6.45) is 7.57. The van der Waals surface area contributed by atoms with E-state index in [-0.39, 0.29) is 18.2 Å². The summed E-state index contributed by atoms with van der Waals surface area (Å²) >= 11 is 0. The first-order valence-electron chi connectivity index (χ1n) is 9.88. The molecule has 4 rings (SSSR count). The van der Waals surface area contributed by atoms with Gasteiger partial charge in [-0.15, -0.1) is 0 Å². The van der Waals surface area contributed by atoms with E-state index in [4.69, 9.17) is 4.74 Å². The number of rotatable bonds is 7. The van der Waals surface area contributed by atoms with Crippen molar-refractivity contribution in [3.8, 4) is 5.75 Å². The number of aromatic nitrogens is 3. The zero-order chi connectivity index (χ0) is 20.9. The van der Waals surface area contributed by atoms with Gasteiger partial charge in [-0.2, -0.15) is 0 Å². The van der Waals surface area contributed by atoms with Crippen LogP contribution in [0.4, 0.5) is 0 Å².